The van der Waals surface area contributed by atoms with E-state index in [2.05, 4.69) is 4.98 Å². The molecule has 0 bridgehead atoms. The maximum Gasteiger partial charge on any atom is 0.335 e. The second kappa shape index (κ2) is 4.10. The Labute approximate surface area is 97.7 Å². The lowest BCUT2D eigenvalue weighted by Gasteiger charge is -2.04. The number of hydrogen-bond donors (Lipinski definition) is 1. The van der Waals surface area contributed by atoms with Gasteiger partial charge in [0, 0.05) is 5.39 Å². The predicted octanol–water partition coefficient (Wildman–Crippen LogP) is 3.23. The standard InChI is InChI=1S/C12H10ClNO2/c1-7(13)10-5-4-8-2-3-9(12(15)16)6-11(8)14-10/h2-7H,1H3,(H,15,16). The van der Waals surface area contributed by atoms with E-state index < -0.39 is 5.97 Å². The van der Waals surface area contributed by atoms with Crippen molar-refractivity contribution in [2.45, 2.75) is 12.3 Å². The van der Waals surface area contributed by atoms with E-state index in [9.17, 15) is 4.79 Å². The summed E-state index contributed by atoms with van der Waals surface area (Å²) in [6, 6.07) is 8.60. The Bertz CT molecular complexity index is 552. The molecular formula is C12H10ClNO2. The number of fused-ring (bicyclic) bond motifs is 1. The molecule has 0 saturated carbocycles. The van der Waals surface area contributed by atoms with Crippen molar-refractivity contribution in [2.75, 3.05) is 0 Å². The molecule has 0 aliphatic heterocycles. The number of carbonyl (C=O) groups is 1. The highest BCUT2D eigenvalue weighted by atomic mass is 35.5. The highest BCUT2D eigenvalue weighted by Crippen LogP contribution is 2.21. The number of alkyl halides is 1. The second-order valence-electron chi connectivity index (χ2n) is 3.56. The molecule has 82 valence electrons. The van der Waals surface area contributed by atoms with E-state index in [1.807, 2.05) is 19.1 Å². The molecule has 0 aliphatic carbocycles. The van der Waals surface area contributed by atoms with E-state index in [4.69, 9.17) is 16.7 Å². The third-order valence-electron chi connectivity index (χ3n) is 2.37. The van der Waals surface area contributed by atoms with Gasteiger partial charge < -0.3 is 5.11 Å². The van der Waals surface area contributed by atoms with Gasteiger partial charge in [0.05, 0.1) is 22.2 Å². The van der Waals surface area contributed by atoms with Gasteiger partial charge in [-0.3, -0.25) is 4.98 Å². The van der Waals surface area contributed by atoms with Gasteiger partial charge in [0.25, 0.3) is 0 Å². The average molecular weight is 236 g/mol. The van der Waals surface area contributed by atoms with Crippen molar-refractivity contribution in [3.05, 3.63) is 41.6 Å². The SMILES string of the molecule is CC(Cl)c1ccc2ccc(C(=O)O)cc2n1. The number of nitrogens with zero attached hydrogens (tertiary/aromatic N) is 1. The van der Waals surface area contributed by atoms with Crippen molar-refractivity contribution in [3.63, 3.8) is 0 Å². The number of halogens is 1. The van der Waals surface area contributed by atoms with Crippen molar-refractivity contribution in [1.82, 2.24) is 4.98 Å². The van der Waals surface area contributed by atoms with Gasteiger partial charge in [0.1, 0.15) is 0 Å². The third kappa shape index (κ3) is 1.99. The van der Waals surface area contributed by atoms with E-state index in [-0.39, 0.29) is 10.9 Å². The van der Waals surface area contributed by atoms with Crippen LogP contribution in [0.2, 0.25) is 0 Å². The molecule has 3 nitrogen and oxygen atoms in total. The molecule has 0 radical (unpaired) electrons. The Balaban J connectivity index is 2.61. The summed E-state index contributed by atoms with van der Waals surface area (Å²) in [6.07, 6.45) is 0. The van der Waals surface area contributed by atoms with E-state index in [1.165, 1.54) is 0 Å². The maximum atomic E-state index is 10.8. The van der Waals surface area contributed by atoms with E-state index in [0.29, 0.717) is 5.52 Å². The number of aromatic nitrogens is 1. The third-order valence-corrected chi connectivity index (χ3v) is 2.59. The van der Waals surface area contributed by atoms with Crippen molar-refractivity contribution >= 4 is 28.5 Å². The Morgan fingerprint density at radius 2 is 2.06 bits per heavy atom. The zero-order valence-electron chi connectivity index (χ0n) is 8.64. The summed E-state index contributed by atoms with van der Waals surface area (Å²) in [4.78, 5) is 15.1. The van der Waals surface area contributed by atoms with Gasteiger partial charge in [-0.25, -0.2) is 4.79 Å². The summed E-state index contributed by atoms with van der Waals surface area (Å²) in [5.41, 5.74) is 1.64. The Morgan fingerprint density at radius 1 is 1.38 bits per heavy atom. The van der Waals surface area contributed by atoms with Crippen LogP contribution in [0.5, 0.6) is 0 Å². The van der Waals surface area contributed by atoms with Crippen molar-refractivity contribution in [1.29, 1.82) is 0 Å². The first-order chi connectivity index (χ1) is 7.58. The largest absolute Gasteiger partial charge is 0.478 e. The van der Waals surface area contributed by atoms with Gasteiger partial charge in [-0.05, 0) is 25.1 Å². The lowest BCUT2D eigenvalue weighted by atomic mass is 10.1. The fourth-order valence-electron chi connectivity index (χ4n) is 1.49. The molecule has 1 heterocycles. The number of aromatic carboxylic acids is 1. The van der Waals surface area contributed by atoms with Crippen molar-refractivity contribution in [3.8, 4) is 0 Å². The summed E-state index contributed by atoms with van der Waals surface area (Å²) in [7, 11) is 0. The van der Waals surface area contributed by atoms with E-state index >= 15 is 0 Å². The summed E-state index contributed by atoms with van der Waals surface area (Å²) >= 11 is 5.93. The molecule has 16 heavy (non-hydrogen) atoms. The number of hydrogen-bond acceptors (Lipinski definition) is 2. The molecule has 0 saturated heterocycles. The predicted molar refractivity (Wildman–Crippen MR) is 63.0 cm³/mol. The molecule has 0 fully saturated rings. The fraction of sp³-hybridized carbons (Fsp3) is 0.167. The van der Waals surface area contributed by atoms with Gasteiger partial charge in [-0.15, -0.1) is 11.6 Å². The smallest absolute Gasteiger partial charge is 0.335 e. The van der Waals surface area contributed by atoms with Crippen LogP contribution in [0.3, 0.4) is 0 Å². The topological polar surface area (TPSA) is 50.2 Å². The summed E-state index contributed by atoms with van der Waals surface area (Å²) in [5, 5.41) is 9.59. The summed E-state index contributed by atoms with van der Waals surface area (Å²) in [6.45, 7) is 1.83. The van der Waals surface area contributed by atoms with Gasteiger partial charge in [0.2, 0.25) is 0 Å². The molecule has 2 rings (SSSR count). The van der Waals surface area contributed by atoms with Crippen LogP contribution < -0.4 is 0 Å². The average Bonchev–Trinajstić information content (AvgIpc) is 2.27. The maximum absolute atomic E-state index is 10.8. The van der Waals surface area contributed by atoms with Crippen molar-refractivity contribution < 1.29 is 9.90 Å². The van der Waals surface area contributed by atoms with Crippen molar-refractivity contribution in [2.24, 2.45) is 0 Å². The first-order valence-corrected chi connectivity index (χ1v) is 5.29. The lowest BCUT2D eigenvalue weighted by molar-refractivity contribution is 0.0697. The fourth-order valence-corrected chi connectivity index (χ4v) is 1.61. The first-order valence-electron chi connectivity index (χ1n) is 4.86. The Morgan fingerprint density at radius 3 is 2.69 bits per heavy atom. The number of benzene rings is 1. The van der Waals surface area contributed by atoms with E-state index in [0.717, 1.165) is 11.1 Å². The minimum atomic E-state index is -0.951. The van der Waals surface area contributed by atoms with Crippen LogP contribution in [0.15, 0.2) is 30.3 Å². The van der Waals surface area contributed by atoms with Gasteiger partial charge >= 0.3 is 5.97 Å². The highest BCUT2D eigenvalue weighted by molar-refractivity contribution is 6.20. The highest BCUT2D eigenvalue weighted by Gasteiger charge is 2.07. The van der Waals surface area contributed by atoms with E-state index in [1.54, 1.807) is 18.2 Å². The molecule has 1 N–H and O–H groups in total. The molecule has 0 aliphatic rings. The Hall–Kier alpha value is -1.61. The molecule has 1 aromatic carbocycles. The van der Waals surface area contributed by atoms with Crippen LogP contribution in [0.25, 0.3) is 10.9 Å². The van der Waals surface area contributed by atoms with Crippen LogP contribution in [0, 0.1) is 0 Å². The molecule has 1 unspecified atom stereocenters. The van der Waals surface area contributed by atoms with Gasteiger partial charge in [-0.1, -0.05) is 12.1 Å². The molecular weight excluding hydrogens is 226 g/mol. The van der Waals surface area contributed by atoms with Crippen LogP contribution in [-0.2, 0) is 0 Å². The molecule has 1 aromatic heterocycles. The van der Waals surface area contributed by atoms with Gasteiger partial charge in [0.15, 0.2) is 0 Å². The molecule has 0 spiro atoms. The quantitative estimate of drug-likeness (QED) is 0.813. The molecule has 1 atom stereocenters. The monoisotopic (exact) mass is 235 g/mol. The summed E-state index contributed by atoms with van der Waals surface area (Å²) < 4.78 is 0. The second-order valence-corrected chi connectivity index (χ2v) is 4.22. The minimum absolute atomic E-state index is 0.183. The Kier molecular flexibility index (Phi) is 2.79. The first kappa shape index (κ1) is 10.9. The lowest BCUT2D eigenvalue weighted by Crippen LogP contribution is -1.97. The van der Waals surface area contributed by atoms with Gasteiger partial charge in [-0.2, -0.15) is 0 Å². The number of pyridine rings is 1. The van der Waals surface area contributed by atoms with Crippen LogP contribution in [-0.4, -0.2) is 16.1 Å². The normalized spacial score (nSPS) is 12.6. The minimum Gasteiger partial charge on any atom is -0.478 e. The zero-order valence-corrected chi connectivity index (χ0v) is 9.40. The van der Waals surface area contributed by atoms with Crippen LogP contribution in [0.4, 0.5) is 0 Å². The molecule has 2 aromatic rings. The molecule has 0 amide bonds. The molecule has 4 heteroatoms. The summed E-state index contributed by atoms with van der Waals surface area (Å²) in [5.74, 6) is -0.951. The number of carboxylic acid groups (broad SMARTS) is 1. The zero-order chi connectivity index (χ0) is 11.7. The van der Waals surface area contributed by atoms with Crippen LogP contribution in [0.1, 0.15) is 28.4 Å². The van der Waals surface area contributed by atoms with Crippen LogP contribution >= 0.6 is 11.6 Å². The number of rotatable bonds is 2. The number of carboxylic acids is 1.